The number of nitrogens with two attached hydrogens (primary N) is 1. The Balaban J connectivity index is 1.62. The Labute approximate surface area is 192 Å². The van der Waals surface area contributed by atoms with Crippen LogP contribution in [-0.4, -0.2) is 32.4 Å². The fourth-order valence-electron chi connectivity index (χ4n) is 3.74. The highest BCUT2D eigenvalue weighted by molar-refractivity contribution is 5.91. The minimum Gasteiger partial charge on any atom is -0.383 e. The minimum absolute atomic E-state index is 0.0595. The SMILES string of the molecule is CCNc1nn(CC(=O)Nc2cc(C)cc(C)c2)c(N)c1-c1nc(-c2ccccc2C)no1. The van der Waals surface area contributed by atoms with Gasteiger partial charge in [0.05, 0.1) is 0 Å². The predicted octanol–water partition coefficient (Wildman–Crippen LogP) is 4.18. The molecule has 0 bridgehead atoms. The van der Waals surface area contributed by atoms with Crippen LogP contribution in [0.5, 0.6) is 0 Å². The smallest absolute Gasteiger partial charge is 0.265 e. The van der Waals surface area contributed by atoms with Gasteiger partial charge in [-0.25, -0.2) is 4.68 Å². The van der Waals surface area contributed by atoms with Crippen LogP contribution in [0.25, 0.3) is 22.8 Å². The third-order valence-corrected chi connectivity index (χ3v) is 5.16. The van der Waals surface area contributed by atoms with Gasteiger partial charge in [0.2, 0.25) is 11.7 Å². The lowest BCUT2D eigenvalue weighted by atomic mass is 10.1. The number of anilines is 3. The van der Waals surface area contributed by atoms with E-state index in [1.807, 2.05) is 70.2 Å². The Kier molecular flexibility index (Phi) is 6.12. The normalized spacial score (nSPS) is 10.9. The van der Waals surface area contributed by atoms with Crippen molar-refractivity contribution in [3.05, 3.63) is 59.2 Å². The largest absolute Gasteiger partial charge is 0.383 e. The molecular formula is C24H27N7O2. The van der Waals surface area contributed by atoms with Crippen molar-refractivity contribution >= 4 is 23.2 Å². The van der Waals surface area contributed by atoms with Crippen molar-refractivity contribution in [3.8, 4) is 22.8 Å². The van der Waals surface area contributed by atoms with Gasteiger partial charge in [-0.3, -0.25) is 4.79 Å². The van der Waals surface area contributed by atoms with E-state index in [2.05, 4.69) is 25.9 Å². The third kappa shape index (κ3) is 4.72. The first-order valence-electron chi connectivity index (χ1n) is 10.7. The van der Waals surface area contributed by atoms with Crippen LogP contribution in [0.3, 0.4) is 0 Å². The van der Waals surface area contributed by atoms with E-state index in [1.165, 1.54) is 4.68 Å². The van der Waals surface area contributed by atoms with Crippen molar-refractivity contribution in [3.63, 3.8) is 0 Å². The number of aryl methyl sites for hydroxylation is 3. The van der Waals surface area contributed by atoms with Crippen molar-refractivity contribution in [2.75, 3.05) is 22.9 Å². The molecule has 0 unspecified atom stereocenters. The second-order valence-electron chi connectivity index (χ2n) is 7.96. The summed E-state index contributed by atoms with van der Waals surface area (Å²) in [5.41, 5.74) is 11.6. The molecule has 4 aromatic rings. The number of hydrogen-bond donors (Lipinski definition) is 3. The molecule has 0 aliphatic carbocycles. The van der Waals surface area contributed by atoms with E-state index in [1.54, 1.807) is 0 Å². The molecule has 0 saturated carbocycles. The highest BCUT2D eigenvalue weighted by atomic mass is 16.5. The number of nitrogens with one attached hydrogen (secondary N) is 2. The number of benzene rings is 2. The van der Waals surface area contributed by atoms with Crippen LogP contribution >= 0.6 is 0 Å². The monoisotopic (exact) mass is 445 g/mol. The zero-order valence-electron chi connectivity index (χ0n) is 19.1. The summed E-state index contributed by atoms with van der Waals surface area (Å²) in [6.07, 6.45) is 0. The van der Waals surface area contributed by atoms with Crippen LogP contribution in [0.2, 0.25) is 0 Å². The Morgan fingerprint density at radius 1 is 1.12 bits per heavy atom. The highest BCUT2D eigenvalue weighted by Crippen LogP contribution is 2.34. The zero-order valence-corrected chi connectivity index (χ0v) is 19.1. The Morgan fingerprint density at radius 2 is 1.85 bits per heavy atom. The van der Waals surface area contributed by atoms with E-state index in [0.717, 1.165) is 27.9 Å². The minimum atomic E-state index is -0.241. The molecule has 2 aromatic heterocycles. The molecular weight excluding hydrogens is 418 g/mol. The first-order valence-corrected chi connectivity index (χ1v) is 10.7. The van der Waals surface area contributed by atoms with Crippen LogP contribution in [0.15, 0.2) is 47.0 Å². The number of rotatable bonds is 7. The molecule has 0 fully saturated rings. The van der Waals surface area contributed by atoms with Crippen molar-refractivity contribution in [1.29, 1.82) is 0 Å². The maximum absolute atomic E-state index is 12.7. The second kappa shape index (κ2) is 9.15. The van der Waals surface area contributed by atoms with Crippen LogP contribution in [-0.2, 0) is 11.3 Å². The van der Waals surface area contributed by atoms with Gasteiger partial charge in [0.25, 0.3) is 5.89 Å². The van der Waals surface area contributed by atoms with Crippen LogP contribution in [0.1, 0.15) is 23.6 Å². The lowest BCUT2D eigenvalue weighted by molar-refractivity contribution is -0.116. The van der Waals surface area contributed by atoms with E-state index in [-0.39, 0.29) is 24.2 Å². The number of carbonyl (C=O) groups is 1. The Bertz CT molecular complexity index is 1290. The predicted molar refractivity (Wildman–Crippen MR) is 129 cm³/mol. The molecule has 9 heteroatoms. The fourth-order valence-corrected chi connectivity index (χ4v) is 3.74. The van der Waals surface area contributed by atoms with E-state index in [0.29, 0.717) is 23.8 Å². The number of amides is 1. The zero-order chi connectivity index (χ0) is 23.5. The molecule has 0 atom stereocenters. The summed E-state index contributed by atoms with van der Waals surface area (Å²) in [7, 11) is 0. The van der Waals surface area contributed by atoms with Gasteiger partial charge in [0.15, 0.2) is 5.82 Å². The molecule has 9 nitrogen and oxygen atoms in total. The molecule has 2 aromatic carbocycles. The van der Waals surface area contributed by atoms with Gasteiger partial charge in [-0.05, 0) is 56.5 Å². The Hall–Kier alpha value is -4.14. The molecule has 0 spiro atoms. The summed E-state index contributed by atoms with van der Waals surface area (Å²) in [6, 6.07) is 13.7. The summed E-state index contributed by atoms with van der Waals surface area (Å²) < 4.78 is 6.97. The summed E-state index contributed by atoms with van der Waals surface area (Å²) in [5, 5.41) is 14.7. The van der Waals surface area contributed by atoms with Gasteiger partial charge in [-0.2, -0.15) is 10.1 Å². The molecule has 0 radical (unpaired) electrons. The van der Waals surface area contributed by atoms with Crippen molar-refractivity contribution in [2.24, 2.45) is 0 Å². The second-order valence-corrected chi connectivity index (χ2v) is 7.96. The molecule has 1 amide bonds. The molecule has 0 saturated heterocycles. The summed E-state index contributed by atoms with van der Waals surface area (Å²) in [4.78, 5) is 17.2. The number of hydrogen-bond acceptors (Lipinski definition) is 7. The van der Waals surface area contributed by atoms with E-state index >= 15 is 0 Å². The number of aromatic nitrogens is 4. The van der Waals surface area contributed by atoms with Gasteiger partial charge in [0, 0.05) is 17.8 Å². The lowest BCUT2D eigenvalue weighted by Gasteiger charge is -2.08. The fraction of sp³-hybridized carbons (Fsp3) is 0.250. The third-order valence-electron chi connectivity index (χ3n) is 5.16. The number of nitrogens with zero attached hydrogens (tertiary/aromatic N) is 4. The van der Waals surface area contributed by atoms with Gasteiger partial charge in [0.1, 0.15) is 17.9 Å². The summed E-state index contributed by atoms with van der Waals surface area (Å²) >= 11 is 0. The van der Waals surface area contributed by atoms with Crippen LogP contribution in [0.4, 0.5) is 17.3 Å². The van der Waals surface area contributed by atoms with E-state index in [4.69, 9.17) is 10.3 Å². The number of nitrogen functional groups attached to an aromatic ring is 1. The quantitative estimate of drug-likeness (QED) is 0.390. The van der Waals surface area contributed by atoms with E-state index < -0.39 is 0 Å². The van der Waals surface area contributed by atoms with Crippen LogP contribution < -0.4 is 16.4 Å². The molecule has 33 heavy (non-hydrogen) atoms. The van der Waals surface area contributed by atoms with Crippen LogP contribution in [0, 0.1) is 20.8 Å². The molecule has 0 aliphatic heterocycles. The summed E-state index contributed by atoms with van der Waals surface area (Å²) in [5.74, 6) is 1.21. The molecule has 170 valence electrons. The molecule has 0 aliphatic rings. The lowest BCUT2D eigenvalue weighted by Crippen LogP contribution is -2.20. The van der Waals surface area contributed by atoms with E-state index in [9.17, 15) is 4.79 Å². The first-order chi connectivity index (χ1) is 15.9. The van der Waals surface area contributed by atoms with Gasteiger partial charge >= 0.3 is 0 Å². The average Bonchev–Trinajstić information content (AvgIpc) is 3.33. The van der Waals surface area contributed by atoms with Crippen molar-refractivity contribution < 1.29 is 9.32 Å². The van der Waals surface area contributed by atoms with Crippen molar-refractivity contribution in [1.82, 2.24) is 19.9 Å². The summed E-state index contributed by atoms with van der Waals surface area (Å²) in [6.45, 7) is 8.44. The maximum atomic E-state index is 12.7. The molecule has 4 rings (SSSR count). The first kappa shape index (κ1) is 22.1. The standard InChI is InChI=1S/C24H27N7O2/c1-5-26-23-20(24-28-22(30-33-24)18-9-7-6-8-16(18)4)21(25)31(29-23)13-19(32)27-17-11-14(2)10-15(3)12-17/h6-12H,5,13,25H2,1-4H3,(H,26,29)(H,27,32). The molecule has 2 heterocycles. The van der Waals surface area contributed by atoms with Gasteiger partial charge in [-0.15, -0.1) is 0 Å². The van der Waals surface area contributed by atoms with Gasteiger partial charge < -0.3 is 20.9 Å². The Morgan fingerprint density at radius 3 is 2.55 bits per heavy atom. The average molecular weight is 446 g/mol. The maximum Gasteiger partial charge on any atom is 0.265 e. The number of carbonyl (C=O) groups excluding carboxylic acids is 1. The molecule has 4 N–H and O–H groups in total. The topological polar surface area (TPSA) is 124 Å². The van der Waals surface area contributed by atoms with Crippen molar-refractivity contribution in [2.45, 2.75) is 34.2 Å². The van der Waals surface area contributed by atoms with Gasteiger partial charge in [-0.1, -0.05) is 35.5 Å². The highest BCUT2D eigenvalue weighted by Gasteiger charge is 2.24.